The van der Waals surface area contributed by atoms with E-state index >= 15 is 0 Å². The van der Waals surface area contributed by atoms with Crippen LogP contribution in [0.5, 0.6) is 0 Å². The average molecular weight is 513 g/mol. The van der Waals surface area contributed by atoms with Crippen molar-refractivity contribution in [1.29, 1.82) is 0 Å². The summed E-state index contributed by atoms with van der Waals surface area (Å²) in [4.78, 5) is 28.2. The Morgan fingerprint density at radius 2 is 0.972 bits per heavy atom. The zero-order valence-corrected chi connectivity index (χ0v) is 21.3. The third-order valence-corrected chi connectivity index (χ3v) is 4.66. The van der Waals surface area contributed by atoms with Gasteiger partial charge in [0.15, 0.2) is 23.3 Å². The van der Waals surface area contributed by atoms with Crippen LogP contribution in [-0.2, 0) is 22.6 Å². The number of rotatable bonds is 7. The van der Waals surface area contributed by atoms with Gasteiger partial charge < -0.3 is 19.3 Å². The summed E-state index contributed by atoms with van der Waals surface area (Å²) in [6, 6.07) is 6.52. The molecule has 36 heavy (non-hydrogen) atoms. The van der Waals surface area contributed by atoms with Crippen molar-refractivity contribution in [2.24, 2.45) is 0 Å². The fourth-order valence-corrected chi connectivity index (χ4v) is 3.08. The molecule has 0 aliphatic heterocycles. The van der Waals surface area contributed by atoms with Gasteiger partial charge in [0.25, 0.3) is 0 Å². The van der Waals surface area contributed by atoms with Crippen LogP contribution in [0, 0.1) is 23.3 Å². The summed E-state index contributed by atoms with van der Waals surface area (Å²) < 4.78 is 65.1. The van der Waals surface area contributed by atoms with E-state index in [-0.39, 0.29) is 26.2 Å². The molecule has 10 heteroatoms. The maximum Gasteiger partial charge on any atom is 0.410 e. The molecule has 2 rings (SSSR count). The molecule has 0 aromatic heterocycles. The van der Waals surface area contributed by atoms with Crippen LogP contribution in [0.2, 0.25) is 0 Å². The standard InChI is InChI=1S/C26H32F4N2O4/c1-25(2,3)35-23(33)31(15-17-7-9-19(27)21(29)13-17)11-12-32(24(34)36-26(4,5)6)16-18-8-10-20(28)22(30)14-18/h7-10,13-14H,11-12,15-16H2,1-6H3. The zero-order valence-electron chi connectivity index (χ0n) is 21.3. The molecule has 2 aromatic carbocycles. The number of amides is 2. The molecule has 0 saturated heterocycles. The first-order valence-electron chi connectivity index (χ1n) is 11.4. The maximum absolute atomic E-state index is 13.7. The van der Waals surface area contributed by atoms with Crippen LogP contribution in [0.1, 0.15) is 52.7 Å². The second-order valence-electron chi connectivity index (χ2n) is 10.3. The summed E-state index contributed by atoms with van der Waals surface area (Å²) in [7, 11) is 0. The Morgan fingerprint density at radius 1 is 0.639 bits per heavy atom. The largest absolute Gasteiger partial charge is 0.444 e. The lowest BCUT2D eigenvalue weighted by Gasteiger charge is -2.31. The van der Waals surface area contributed by atoms with Gasteiger partial charge in [0.2, 0.25) is 0 Å². The second-order valence-corrected chi connectivity index (χ2v) is 10.3. The molecule has 0 N–H and O–H groups in total. The Balaban J connectivity index is 2.28. The van der Waals surface area contributed by atoms with Crippen LogP contribution in [0.25, 0.3) is 0 Å². The van der Waals surface area contributed by atoms with E-state index in [4.69, 9.17) is 9.47 Å². The summed E-state index contributed by atoms with van der Waals surface area (Å²) >= 11 is 0. The van der Waals surface area contributed by atoms with Crippen LogP contribution < -0.4 is 0 Å². The molecule has 0 spiro atoms. The number of halogens is 4. The van der Waals surface area contributed by atoms with Crippen molar-refractivity contribution in [2.75, 3.05) is 13.1 Å². The van der Waals surface area contributed by atoms with Crippen LogP contribution in [0.3, 0.4) is 0 Å². The number of ether oxygens (including phenoxy) is 2. The molecule has 0 saturated carbocycles. The van der Waals surface area contributed by atoms with E-state index in [1.807, 2.05) is 0 Å². The number of nitrogens with zero attached hydrogens (tertiary/aromatic N) is 2. The molecule has 0 aliphatic rings. The van der Waals surface area contributed by atoms with Gasteiger partial charge in [-0.2, -0.15) is 0 Å². The number of hydrogen-bond acceptors (Lipinski definition) is 4. The molecule has 0 bridgehead atoms. The van der Waals surface area contributed by atoms with Gasteiger partial charge in [-0.25, -0.2) is 27.2 Å². The molecule has 6 nitrogen and oxygen atoms in total. The first-order valence-corrected chi connectivity index (χ1v) is 11.4. The Hall–Kier alpha value is -3.30. The molecular weight excluding hydrogens is 480 g/mol. The molecule has 198 valence electrons. The van der Waals surface area contributed by atoms with Crippen molar-refractivity contribution in [1.82, 2.24) is 9.80 Å². The van der Waals surface area contributed by atoms with Gasteiger partial charge >= 0.3 is 12.2 Å². The van der Waals surface area contributed by atoms with Crippen molar-refractivity contribution in [3.05, 3.63) is 70.8 Å². The van der Waals surface area contributed by atoms with Gasteiger partial charge in [-0.1, -0.05) is 12.1 Å². The molecule has 0 aliphatic carbocycles. The lowest BCUT2D eigenvalue weighted by atomic mass is 10.2. The highest BCUT2D eigenvalue weighted by atomic mass is 19.2. The lowest BCUT2D eigenvalue weighted by Crippen LogP contribution is -2.44. The first kappa shape index (κ1) is 28.9. The summed E-state index contributed by atoms with van der Waals surface area (Å²) in [6.45, 7) is 9.67. The molecule has 0 fully saturated rings. The van der Waals surface area contributed by atoms with E-state index in [1.165, 1.54) is 21.9 Å². The fourth-order valence-electron chi connectivity index (χ4n) is 3.08. The number of carbonyl (C=O) groups is 2. The van der Waals surface area contributed by atoms with Crippen molar-refractivity contribution >= 4 is 12.2 Å². The third kappa shape index (κ3) is 9.39. The lowest BCUT2D eigenvalue weighted by molar-refractivity contribution is 0.0113. The van der Waals surface area contributed by atoms with Crippen molar-refractivity contribution < 1.29 is 36.6 Å². The van der Waals surface area contributed by atoms with Crippen molar-refractivity contribution in [3.8, 4) is 0 Å². The minimum atomic E-state index is -1.06. The Bertz CT molecular complexity index is 995. The molecular formula is C26H32F4N2O4. The third-order valence-electron chi connectivity index (χ3n) is 4.66. The minimum Gasteiger partial charge on any atom is -0.444 e. The van der Waals surface area contributed by atoms with E-state index in [9.17, 15) is 27.2 Å². The summed E-state index contributed by atoms with van der Waals surface area (Å²) in [5.74, 6) is -4.17. The highest BCUT2D eigenvalue weighted by Crippen LogP contribution is 2.18. The van der Waals surface area contributed by atoms with Gasteiger partial charge in [0.05, 0.1) is 0 Å². The van der Waals surface area contributed by atoms with Gasteiger partial charge in [-0.15, -0.1) is 0 Å². The average Bonchev–Trinajstić information content (AvgIpc) is 2.72. The smallest absolute Gasteiger partial charge is 0.410 e. The summed E-state index contributed by atoms with van der Waals surface area (Å²) in [6.07, 6.45) is -1.46. The van der Waals surface area contributed by atoms with Crippen LogP contribution in [-0.4, -0.2) is 46.3 Å². The highest BCUT2D eigenvalue weighted by Gasteiger charge is 2.27. The number of benzene rings is 2. The Kier molecular flexibility index (Phi) is 9.34. The fraction of sp³-hybridized carbons (Fsp3) is 0.462. The topological polar surface area (TPSA) is 59.1 Å². The van der Waals surface area contributed by atoms with Gasteiger partial charge in [0, 0.05) is 26.2 Å². The van der Waals surface area contributed by atoms with Crippen LogP contribution in [0.15, 0.2) is 36.4 Å². The minimum absolute atomic E-state index is 0.0726. The predicted molar refractivity (Wildman–Crippen MR) is 126 cm³/mol. The number of hydrogen-bond donors (Lipinski definition) is 0. The summed E-state index contributed by atoms with van der Waals surface area (Å²) in [5.41, 5.74) is -1.05. The second kappa shape index (κ2) is 11.6. The molecule has 0 atom stereocenters. The Morgan fingerprint density at radius 3 is 1.25 bits per heavy atom. The number of carbonyl (C=O) groups excluding carboxylic acids is 2. The van der Waals surface area contributed by atoms with E-state index in [2.05, 4.69) is 0 Å². The zero-order chi connectivity index (χ0) is 27.3. The molecule has 2 aromatic rings. The van der Waals surface area contributed by atoms with E-state index < -0.39 is 46.7 Å². The Labute approximate surface area is 208 Å². The predicted octanol–water partition coefficient (Wildman–Crippen LogP) is 6.42. The summed E-state index contributed by atoms with van der Waals surface area (Å²) in [5, 5.41) is 0. The van der Waals surface area contributed by atoms with E-state index in [1.54, 1.807) is 41.5 Å². The van der Waals surface area contributed by atoms with Crippen molar-refractivity contribution in [3.63, 3.8) is 0 Å². The van der Waals surface area contributed by atoms with Gasteiger partial charge in [-0.05, 0) is 76.9 Å². The van der Waals surface area contributed by atoms with E-state index in [0.29, 0.717) is 11.1 Å². The monoisotopic (exact) mass is 512 g/mol. The first-order chi connectivity index (χ1) is 16.5. The molecule has 0 heterocycles. The molecule has 0 unspecified atom stereocenters. The van der Waals surface area contributed by atoms with Crippen LogP contribution >= 0.6 is 0 Å². The molecule has 0 radical (unpaired) electrons. The SMILES string of the molecule is CC(C)(C)OC(=O)N(CCN(Cc1ccc(F)c(F)c1)C(=O)OC(C)(C)C)Cc1ccc(F)c(F)c1. The van der Waals surface area contributed by atoms with Gasteiger partial charge in [0.1, 0.15) is 11.2 Å². The quantitative estimate of drug-likeness (QED) is 0.402. The maximum atomic E-state index is 13.7. The van der Waals surface area contributed by atoms with Gasteiger partial charge in [-0.3, -0.25) is 0 Å². The van der Waals surface area contributed by atoms with Crippen LogP contribution in [0.4, 0.5) is 27.2 Å². The van der Waals surface area contributed by atoms with E-state index in [0.717, 1.165) is 24.3 Å². The molecule has 2 amide bonds. The normalized spacial score (nSPS) is 11.7. The van der Waals surface area contributed by atoms with Crippen molar-refractivity contribution in [2.45, 2.75) is 65.8 Å². The highest BCUT2D eigenvalue weighted by molar-refractivity contribution is 5.69.